The Hall–Kier alpha value is -1.62. The Bertz CT molecular complexity index is 411. The summed E-state index contributed by atoms with van der Waals surface area (Å²) >= 11 is 0. The van der Waals surface area contributed by atoms with Crippen LogP contribution in [0, 0.1) is 6.92 Å². The number of aryl methyl sites for hydroxylation is 1. The van der Waals surface area contributed by atoms with E-state index in [1.165, 1.54) is 17.2 Å². The molecule has 5 nitrogen and oxygen atoms in total. The van der Waals surface area contributed by atoms with Crippen LogP contribution in [-0.4, -0.2) is 35.9 Å². The minimum Gasteiger partial charge on any atom is -0.364 e. The van der Waals surface area contributed by atoms with Crippen LogP contribution in [0.1, 0.15) is 16.1 Å². The molecule has 0 radical (unpaired) electrons. The van der Waals surface area contributed by atoms with E-state index in [0.29, 0.717) is 13.1 Å². The summed E-state index contributed by atoms with van der Waals surface area (Å²) in [6.45, 7) is 2.58. The van der Waals surface area contributed by atoms with E-state index in [4.69, 9.17) is 5.73 Å². The molecular weight excluding hydrogens is 194 g/mol. The van der Waals surface area contributed by atoms with Crippen LogP contribution in [0.2, 0.25) is 0 Å². The van der Waals surface area contributed by atoms with Crippen LogP contribution in [0.25, 0.3) is 0 Å². The van der Waals surface area contributed by atoms with Crippen LogP contribution in [-0.2, 0) is 0 Å². The number of nitrogens with two attached hydrogens (primary N) is 1. The van der Waals surface area contributed by atoms with Gasteiger partial charge in [0.15, 0.2) is 5.43 Å². The van der Waals surface area contributed by atoms with E-state index in [1.807, 2.05) is 0 Å². The minimum absolute atomic E-state index is 0.150. The number of hydrogen-bond acceptors (Lipinski definition) is 3. The summed E-state index contributed by atoms with van der Waals surface area (Å²) in [6.07, 6.45) is 1.44. The third kappa shape index (κ3) is 2.66. The van der Waals surface area contributed by atoms with Crippen molar-refractivity contribution in [1.29, 1.82) is 0 Å². The fourth-order valence-electron chi connectivity index (χ4n) is 1.24. The summed E-state index contributed by atoms with van der Waals surface area (Å²) in [6, 6.07) is 1.41. The van der Waals surface area contributed by atoms with Crippen LogP contribution in [0.5, 0.6) is 0 Å². The van der Waals surface area contributed by atoms with Crippen LogP contribution < -0.4 is 11.2 Å². The van der Waals surface area contributed by atoms with Gasteiger partial charge in [-0.2, -0.15) is 0 Å². The van der Waals surface area contributed by atoms with Gasteiger partial charge in [0, 0.05) is 38.1 Å². The number of aromatic amines is 1. The van der Waals surface area contributed by atoms with Crippen molar-refractivity contribution in [2.45, 2.75) is 6.92 Å². The van der Waals surface area contributed by atoms with Gasteiger partial charge in [0.25, 0.3) is 5.91 Å². The first kappa shape index (κ1) is 11.5. The standard InChI is InChI=1S/C10H15N3O2/c1-7-5-9(14)8(6-12-7)10(15)13(2)4-3-11/h5-6H,3-4,11H2,1-2H3,(H,12,14). The quantitative estimate of drug-likeness (QED) is 0.718. The van der Waals surface area contributed by atoms with Gasteiger partial charge in [0.2, 0.25) is 0 Å². The number of nitrogens with one attached hydrogen (secondary N) is 1. The molecule has 3 N–H and O–H groups in total. The Balaban J connectivity index is 2.96. The molecule has 15 heavy (non-hydrogen) atoms. The van der Waals surface area contributed by atoms with Gasteiger partial charge in [0.1, 0.15) is 5.56 Å². The molecule has 82 valence electrons. The lowest BCUT2D eigenvalue weighted by Gasteiger charge is -2.15. The largest absolute Gasteiger partial charge is 0.364 e. The van der Waals surface area contributed by atoms with Crippen molar-refractivity contribution in [1.82, 2.24) is 9.88 Å². The van der Waals surface area contributed by atoms with Gasteiger partial charge < -0.3 is 15.6 Å². The zero-order valence-electron chi connectivity index (χ0n) is 8.91. The Morgan fingerprint density at radius 2 is 2.27 bits per heavy atom. The Labute approximate surface area is 87.9 Å². The van der Waals surface area contributed by atoms with Crippen LogP contribution in [0.3, 0.4) is 0 Å². The molecule has 1 aromatic rings. The molecule has 0 aliphatic carbocycles. The summed E-state index contributed by atoms with van der Waals surface area (Å²) in [7, 11) is 1.62. The maximum atomic E-state index is 11.7. The zero-order valence-corrected chi connectivity index (χ0v) is 8.91. The van der Waals surface area contributed by atoms with E-state index >= 15 is 0 Å². The van der Waals surface area contributed by atoms with Crippen molar-refractivity contribution < 1.29 is 4.79 Å². The van der Waals surface area contributed by atoms with Gasteiger partial charge in [-0.25, -0.2) is 0 Å². The number of hydrogen-bond donors (Lipinski definition) is 2. The van der Waals surface area contributed by atoms with Crippen molar-refractivity contribution in [2.24, 2.45) is 5.73 Å². The first-order valence-corrected chi connectivity index (χ1v) is 4.71. The Morgan fingerprint density at radius 3 is 2.80 bits per heavy atom. The number of rotatable bonds is 3. The van der Waals surface area contributed by atoms with Crippen LogP contribution >= 0.6 is 0 Å². The van der Waals surface area contributed by atoms with Crippen molar-refractivity contribution in [2.75, 3.05) is 20.1 Å². The molecule has 1 amide bonds. The van der Waals surface area contributed by atoms with E-state index in [2.05, 4.69) is 4.98 Å². The second kappa shape index (κ2) is 4.75. The number of pyridine rings is 1. The summed E-state index contributed by atoms with van der Waals surface area (Å²) in [5.41, 5.74) is 5.95. The predicted octanol–water partition coefficient (Wildman–Crippen LogP) is -0.286. The number of likely N-dealkylation sites (N-methyl/N-ethyl adjacent to an activating group) is 1. The SMILES string of the molecule is Cc1cc(=O)c(C(=O)N(C)CCN)c[nH]1. The Kier molecular flexibility index (Phi) is 3.62. The van der Waals surface area contributed by atoms with Gasteiger partial charge in [-0.3, -0.25) is 9.59 Å². The van der Waals surface area contributed by atoms with Gasteiger partial charge in [-0.1, -0.05) is 0 Å². The second-order valence-electron chi connectivity index (χ2n) is 3.41. The van der Waals surface area contributed by atoms with Gasteiger partial charge in [-0.05, 0) is 6.92 Å². The highest BCUT2D eigenvalue weighted by molar-refractivity contribution is 5.93. The molecule has 0 saturated heterocycles. The summed E-state index contributed by atoms with van der Waals surface area (Å²) < 4.78 is 0. The zero-order chi connectivity index (χ0) is 11.4. The van der Waals surface area contributed by atoms with E-state index in [0.717, 1.165) is 5.69 Å². The molecule has 1 rings (SSSR count). The smallest absolute Gasteiger partial charge is 0.259 e. The average molecular weight is 209 g/mol. The highest BCUT2D eigenvalue weighted by atomic mass is 16.2. The fraction of sp³-hybridized carbons (Fsp3) is 0.400. The maximum Gasteiger partial charge on any atom is 0.259 e. The van der Waals surface area contributed by atoms with Gasteiger partial charge in [0.05, 0.1) is 0 Å². The van der Waals surface area contributed by atoms with Crippen LogP contribution in [0.4, 0.5) is 0 Å². The third-order valence-electron chi connectivity index (χ3n) is 2.10. The summed E-state index contributed by atoms with van der Waals surface area (Å²) in [5, 5.41) is 0. The molecule has 0 unspecified atom stereocenters. The number of aromatic nitrogens is 1. The van der Waals surface area contributed by atoms with Crippen molar-refractivity contribution in [3.63, 3.8) is 0 Å². The summed E-state index contributed by atoms with van der Waals surface area (Å²) in [5.74, 6) is -0.304. The topological polar surface area (TPSA) is 79.2 Å². The van der Waals surface area contributed by atoms with E-state index in [9.17, 15) is 9.59 Å². The molecule has 0 atom stereocenters. The first-order valence-electron chi connectivity index (χ1n) is 4.71. The summed E-state index contributed by atoms with van der Waals surface area (Å²) in [4.78, 5) is 27.5. The van der Waals surface area contributed by atoms with Crippen molar-refractivity contribution >= 4 is 5.91 Å². The van der Waals surface area contributed by atoms with Crippen LogP contribution in [0.15, 0.2) is 17.1 Å². The van der Waals surface area contributed by atoms with E-state index in [-0.39, 0.29) is 16.9 Å². The first-order chi connectivity index (χ1) is 7.06. The van der Waals surface area contributed by atoms with Crippen molar-refractivity contribution in [3.8, 4) is 0 Å². The molecule has 0 aliphatic rings. The molecule has 0 aliphatic heterocycles. The Morgan fingerprint density at radius 1 is 1.60 bits per heavy atom. The lowest BCUT2D eigenvalue weighted by Crippen LogP contribution is -2.34. The molecule has 0 bridgehead atoms. The molecule has 0 spiro atoms. The van der Waals surface area contributed by atoms with E-state index in [1.54, 1.807) is 14.0 Å². The molecule has 0 fully saturated rings. The molecule has 0 saturated carbocycles. The fourth-order valence-corrected chi connectivity index (χ4v) is 1.24. The number of carbonyl (C=O) groups excluding carboxylic acids is 1. The monoisotopic (exact) mass is 209 g/mol. The lowest BCUT2D eigenvalue weighted by molar-refractivity contribution is 0.0797. The normalized spacial score (nSPS) is 10.1. The molecule has 1 heterocycles. The molecule has 5 heteroatoms. The number of nitrogens with zero attached hydrogens (tertiary/aromatic N) is 1. The third-order valence-corrected chi connectivity index (χ3v) is 2.10. The molecule has 0 aromatic carbocycles. The average Bonchev–Trinajstić information content (AvgIpc) is 2.17. The molecule has 1 aromatic heterocycles. The van der Waals surface area contributed by atoms with Gasteiger partial charge >= 0.3 is 0 Å². The number of amides is 1. The predicted molar refractivity (Wildman–Crippen MR) is 57.8 cm³/mol. The highest BCUT2D eigenvalue weighted by Crippen LogP contribution is 1.97. The minimum atomic E-state index is -0.304. The van der Waals surface area contributed by atoms with E-state index < -0.39 is 0 Å². The molecular formula is C10H15N3O2. The maximum absolute atomic E-state index is 11.7. The number of carbonyl (C=O) groups is 1. The number of H-pyrrole nitrogens is 1. The second-order valence-corrected chi connectivity index (χ2v) is 3.41. The van der Waals surface area contributed by atoms with Crippen molar-refractivity contribution in [3.05, 3.63) is 33.7 Å². The highest BCUT2D eigenvalue weighted by Gasteiger charge is 2.14. The van der Waals surface area contributed by atoms with Gasteiger partial charge in [-0.15, -0.1) is 0 Å². The lowest BCUT2D eigenvalue weighted by atomic mass is 10.2.